The van der Waals surface area contributed by atoms with Gasteiger partial charge in [-0.15, -0.1) is 0 Å². The standard InChI is InChI=1S/C7H16FNO/c1-3-7(8,5-9)6-10-4-2/h3-6,9H2,1-2H3. The molecule has 0 saturated heterocycles. The van der Waals surface area contributed by atoms with Gasteiger partial charge in [-0.2, -0.15) is 0 Å². The average molecular weight is 149 g/mol. The van der Waals surface area contributed by atoms with Gasteiger partial charge >= 0.3 is 0 Å². The minimum Gasteiger partial charge on any atom is -0.378 e. The second-order valence-corrected chi connectivity index (χ2v) is 2.35. The Bertz CT molecular complexity index is 83.7. The van der Waals surface area contributed by atoms with E-state index in [4.69, 9.17) is 10.5 Å². The molecule has 10 heavy (non-hydrogen) atoms. The number of nitrogens with two attached hydrogens (primary N) is 1. The maximum atomic E-state index is 13.2. The third-order valence-electron chi connectivity index (χ3n) is 1.56. The van der Waals surface area contributed by atoms with Crippen LogP contribution in [-0.4, -0.2) is 25.4 Å². The molecule has 62 valence electrons. The van der Waals surface area contributed by atoms with E-state index in [0.717, 1.165) is 0 Å². The van der Waals surface area contributed by atoms with Crippen LogP contribution in [0.15, 0.2) is 0 Å². The molecule has 0 amide bonds. The van der Waals surface area contributed by atoms with Crippen molar-refractivity contribution in [2.75, 3.05) is 19.8 Å². The molecule has 0 rings (SSSR count). The van der Waals surface area contributed by atoms with E-state index in [-0.39, 0.29) is 13.2 Å². The summed E-state index contributed by atoms with van der Waals surface area (Å²) in [4.78, 5) is 0. The molecule has 2 nitrogen and oxygen atoms in total. The second kappa shape index (κ2) is 4.63. The molecule has 0 spiro atoms. The zero-order valence-corrected chi connectivity index (χ0v) is 6.69. The second-order valence-electron chi connectivity index (χ2n) is 2.35. The first kappa shape index (κ1) is 9.85. The normalized spacial score (nSPS) is 16.8. The smallest absolute Gasteiger partial charge is 0.146 e. The number of halogens is 1. The molecule has 0 aliphatic rings. The summed E-state index contributed by atoms with van der Waals surface area (Å²) >= 11 is 0. The van der Waals surface area contributed by atoms with Gasteiger partial charge in [0, 0.05) is 13.2 Å². The zero-order chi connectivity index (χ0) is 8.04. The Labute approximate surface area is 61.5 Å². The van der Waals surface area contributed by atoms with E-state index in [2.05, 4.69) is 0 Å². The van der Waals surface area contributed by atoms with Crippen molar-refractivity contribution in [2.45, 2.75) is 25.9 Å². The van der Waals surface area contributed by atoms with Crippen LogP contribution in [0, 0.1) is 0 Å². The Hall–Kier alpha value is -0.150. The Balaban J connectivity index is 3.58. The number of hydrogen-bond donors (Lipinski definition) is 1. The van der Waals surface area contributed by atoms with Gasteiger partial charge in [0.15, 0.2) is 0 Å². The lowest BCUT2D eigenvalue weighted by molar-refractivity contribution is 0.0231. The van der Waals surface area contributed by atoms with Crippen molar-refractivity contribution in [3.05, 3.63) is 0 Å². The first-order valence-corrected chi connectivity index (χ1v) is 3.65. The van der Waals surface area contributed by atoms with Crippen molar-refractivity contribution >= 4 is 0 Å². The Kier molecular flexibility index (Phi) is 4.56. The Morgan fingerprint density at radius 3 is 2.40 bits per heavy atom. The molecule has 0 aromatic carbocycles. The van der Waals surface area contributed by atoms with Gasteiger partial charge in [-0.25, -0.2) is 4.39 Å². The molecule has 0 aromatic heterocycles. The van der Waals surface area contributed by atoms with Crippen molar-refractivity contribution in [3.63, 3.8) is 0 Å². The summed E-state index contributed by atoms with van der Waals surface area (Å²) in [7, 11) is 0. The van der Waals surface area contributed by atoms with Crippen LogP contribution in [0.4, 0.5) is 4.39 Å². The summed E-state index contributed by atoms with van der Waals surface area (Å²) in [6.07, 6.45) is 0.420. The van der Waals surface area contributed by atoms with Gasteiger partial charge in [0.1, 0.15) is 5.67 Å². The molecule has 0 aliphatic heterocycles. The summed E-state index contributed by atoms with van der Waals surface area (Å²) in [6.45, 7) is 4.32. The van der Waals surface area contributed by atoms with E-state index < -0.39 is 5.67 Å². The molecule has 0 fully saturated rings. The quantitative estimate of drug-likeness (QED) is 0.635. The van der Waals surface area contributed by atoms with E-state index in [1.807, 2.05) is 6.92 Å². The molecular weight excluding hydrogens is 133 g/mol. The maximum Gasteiger partial charge on any atom is 0.146 e. The summed E-state index contributed by atoms with van der Waals surface area (Å²) in [5.74, 6) is 0. The fourth-order valence-electron chi connectivity index (χ4n) is 0.590. The third-order valence-corrected chi connectivity index (χ3v) is 1.56. The van der Waals surface area contributed by atoms with E-state index in [1.165, 1.54) is 0 Å². The maximum absolute atomic E-state index is 13.2. The lowest BCUT2D eigenvalue weighted by atomic mass is 10.1. The predicted octanol–water partition coefficient (Wildman–Crippen LogP) is 1.10. The Morgan fingerprint density at radius 2 is 2.10 bits per heavy atom. The highest BCUT2D eigenvalue weighted by Gasteiger charge is 2.25. The van der Waals surface area contributed by atoms with Gasteiger partial charge in [0.2, 0.25) is 0 Å². The molecule has 0 heterocycles. The van der Waals surface area contributed by atoms with Crippen LogP contribution in [-0.2, 0) is 4.74 Å². The molecular formula is C7H16FNO. The van der Waals surface area contributed by atoms with Crippen LogP contribution in [0.1, 0.15) is 20.3 Å². The fraction of sp³-hybridized carbons (Fsp3) is 1.00. The molecule has 0 bridgehead atoms. The molecule has 1 unspecified atom stereocenters. The van der Waals surface area contributed by atoms with Crippen molar-refractivity contribution in [2.24, 2.45) is 5.73 Å². The zero-order valence-electron chi connectivity index (χ0n) is 6.69. The van der Waals surface area contributed by atoms with Crippen LogP contribution in [0.25, 0.3) is 0 Å². The third kappa shape index (κ3) is 3.13. The number of alkyl halides is 1. The lowest BCUT2D eigenvalue weighted by Crippen LogP contribution is -2.37. The van der Waals surface area contributed by atoms with Crippen molar-refractivity contribution in [1.82, 2.24) is 0 Å². The van der Waals surface area contributed by atoms with E-state index in [1.54, 1.807) is 6.92 Å². The molecule has 2 N–H and O–H groups in total. The highest BCUT2D eigenvalue weighted by atomic mass is 19.1. The van der Waals surface area contributed by atoms with Crippen LogP contribution < -0.4 is 5.73 Å². The van der Waals surface area contributed by atoms with Crippen LogP contribution in [0.3, 0.4) is 0 Å². The number of hydrogen-bond acceptors (Lipinski definition) is 2. The van der Waals surface area contributed by atoms with E-state index in [9.17, 15) is 4.39 Å². The molecule has 1 atom stereocenters. The number of rotatable bonds is 5. The SMILES string of the molecule is CCOCC(F)(CC)CN. The predicted molar refractivity (Wildman–Crippen MR) is 39.7 cm³/mol. The van der Waals surface area contributed by atoms with Crippen molar-refractivity contribution in [1.29, 1.82) is 0 Å². The molecule has 0 radical (unpaired) electrons. The van der Waals surface area contributed by atoms with Crippen LogP contribution in [0.5, 0.6) is 0 Å². The topological polar surface area (TPSA) is 35.2 Å². The summed E-state index contributed by atoms with van der Waals surface area (Å²) in [5.41, 5.74) is 3.89. The van der Waals surface area contributed by atoms with Gasteiger partial charge in [-0.1, -0.05) is 6.92 Å². The van der Waals surface area contributed by atoms with Crippen LogP contribution in [0.2, 0.25) is 0 Å². The minimum absolute atomic E-state index is 0.0451. The minimum atomic E-state index is -1.31. The monoisotopic (exact) mass is 149 g/mol. The largest absolute Gasteiger partial charge is 0.378 e. The van der Waals surface area contributed by atoms with Crippen LogP contribution >= 0.6 is 0 Å². The average Bonchev–Trinajstić information content (AvgIpc) is 2.00. The summed E-state index contributed by atoms with van der Waals surface area (Å²) in [5, 5.41) is 0. The Morgan fingerprint density at radius 1 is 1.50 bits per heavy atom. The van der Waals surface area contributed by atoms with Crippen molar-refractivity contribution in [3.8, 4) is 0 Å². The highest BCUT2D eigenvalue weighted by molar-refractivity contribution is 4.77. The first-order valence-electron chi connectivity index (χ1n) is 3.65. The summed E-state index contributed by atoms with van der Waals surface area (Å²) in [6, 6.07) is 0. The first-order chi connectivity index (χ1) is 4.68. The van der Waals surface area contributed by atoms with Gasteiger partial charge in [-0.05, 0) is 13.3 Å². The van der Waals surface area contributed by atoms with Gasteiger partial charge in [0.05, 0.1) is 6.61 Å². The lowest BCUT2D eigenvalue weighted by Gasteiger charge is -2.20. The number of ether oxygens (including phenoxy) is 1. The molecule has 3 heteroatoms. The van der Waals surface area contributed by atoms with Gasteiger partial charge in [-0.3, -0.25) is 0 Å². The fourth-order valence-corrected chi connectivity index (χ4v) is 0.590. The van der Waals surface area contributed by atoms with E-state index >= 15 is 0 Å². The summed E-state index contributed by atoms with van der Waals surface area (Å²) < 4.78 is 18.1. The van der Waals surface area contributed by atoms with Gasteiger partial charge in [0.25, 0.3) is 0 Å². The van der Waals surface area contributed by atoms with Crippen molar-refractivity contribution < 1.29 is 9.13 Å². The molecule has 0 aromatic rings. The van der Waals surface area contributed by atoms with E-state index in [0.29, 0.717) is 13.0 Å². The highest BCUT2D eigenvalue weighted by Crippen LogP contribution is 2.13. The molecule has 0 saturated carbocycles. The molecule has 0 aliphatic carbocycles. The van der Waals surface area contributed by atoms with Gasteiger partial charge < -0.3 is 10.5 Å².